The summed E-state index contributed by atoms with van der Waals surface area (Å²) in [5.74, 6) is 0. The molecule has 2 atom stereocenters. The molecule has 2 unspecified atom stereocenters. The van der Waals surface area contributed by atoms with Gasteiger partial charge in [-0.2, -0.15) is 0 Å². The monoisotopic (exact) mass is 195 g/mol. The average molecular weight is 195 g/mol. The van der Waals surface area contributed by atoms with Crippen molar-refractivity contribution in [1.29, 1.82) is 0 Å². The summed E-state index contributed by atoms with van der Waals surface area (Å²) in [6.07, 6.45) is 4.81. The van der Waals surface area contributed by atoms with E-state index in [2.05, 4.69) is 9.97 Å². The molecule has 0 aromatic carbocycles. The second-order valence-electron chi connectivity index (χ2n) is 4.46. The highest BCUT2D eigenvalue weighted by atomic mass is 19.1. The number of hydrogen-bond acceptors (Lipinski definition) is 3. The minimum atomic E-state index is -1.37. The number of aromatic nitrogens is 2. The molecule has 14 heavy (non-hydrogen) atoms. The minimum absolute atomic E-state index is 0.0901. The molecular formula is C10H14FN3. The van der Waals surface area contributed by atoms with Crippen LogP contribution in [0.5, 0.6) is 0 Å². The molecule has 0 amide bonds. The van der Waals surface area contributed by atoms with Crippen molar-refractivity contribution < 1.29 is 4.39 Å². The Kier molecular flexibility index (Phi) is 1.86. The molecule has 76 valence electrons. The van der Waals surface area contributed by atoms with E-state index in [-0.39, 0.29) is 6.04 Å². The van der Waals surface area contributed by atoms with Crippen LogP contribution >= 0.6 is 0 Å². The molecule has 2 N–H and O–H groups in total. The third-order valence-corrected chi connectivity index (χ3v) is 3.47. The van der Waals surface area contributed by atoms with Crippen molar-refractivity contribution in [2.45, 2.75) is 32.0 Å². The van der Waals surface area contributed by atoms with Gasteiger partial charge in [-0.3, -0.25) is 0 Å². The Hall–Kier alpha value is -1.03. The van der Waals surface area contributed by atoms with Gasteiger partial charge in [0.05, 0.1) is 0 Å². The molecule has 1 aromatic heterocycles. The summed E-state index contributed by atoms with van der Waals surface area (Å²) in [5.41, 5.74) is 4.42. The van der Waals surface area contributed by atoms with Crippen LogP contribution in [0.15, 0.2) is 18.7 Å². The van der Waals surface area contributed by atoms with Gasteiger partial charge in [0.1, 0.15) is 12.0 Å². The van der Waals surface area contributed by atoms with Crippen molar-refractivity contribution in [2.75, 3.05) is 0 Å². The first-order valence-corrected chi connectivity index (χ1v) is 4.68. The van der Waals surface area contributed by atoms with Crippen LogP contribution in [0.25, 0.3) is 0 Å². The van der Waals surface area contributed by atoms with Gasteiger partial charge in [0, 0.05) is 35.8 Å². The predicted octanol–water partition coefficient (Wildman–Crippen LogP) is 1.40. The van der Waals surface area contributed by atoms with Gasteiger partial charge in [-0.05, 0) is 0 Å². The Labute approximate surface area is 82.6 Å². The maximum absolute atomic E-state index is 14.5. The first kappa shape index (κ1) is 9.52. The summed E-state index contributed by atoms with van der Waals surface area (Å²) in [6.45, 7) is 3.68. The van der Waals surface area contributed by atoms with Crippen molar-refractivity contribution in [3.63, 3.8) is 0 Å². The highest BCUT2D eigenvalue weighted by Crippen LogP contribution is 2.57. The first-order chi connectivity index (χ1) is 6.48. The fraction of sp³-hybridized carbons (Fsp3) is 0.600. The zero-order chi connectivity index (χ0) is 10.4. The molecule has 1 saturated carbocycles. The second-order valence-corrected chi connectivity index (χ2v) is 4.46. The van der Waals surface area contributed by atoms with Gasteiger partial charge >= 0.3 is 0 Å². The zero-order valence-electron chi connectivity index (χ0n) is 8.37. The van der Waals surface area contributed by atoms with Crippen LogP contribution < -0.4 is 5.73 Å². The van der Waals surface area contributed by atoms with Crippen LogP contribution in [-0.2, 0) is 5.67 Å². The normalized spacial score (nSPS) is 35.0. The average Bonchev–Trinajstić information content (AvgIpc) is 2.19. The summed E-state index contributed by atoms with van der Waals surface area (Å²) in [7, 11) is 0. The molecular weight excluding hydrogens is 181 g/mol. The van der Waals surface area contributed by atoms with E-state index in [9.17, 15) is 4.39 Å². The van der Waals surface area contributed by atoms with Crippen molar-refractivity contribution in [1.82, 2.24) is 9.97 Å². The van der Waals surface area contributed by atoms with E-state index in [0.717, 1.165) is 0 Å². The lowest BCUT2D eigenvalue weighted by Gasteiger charge is -2.55. The van der Waals surface area contributed by atoms with Gasteiger partial charge in [0.15, 0.2) is 0 Å². The topological polar surface area (TPSA) is 51.8 Å². The van der Waals surface area contributed by atoms with E-state index in [0.29, 0.717) is 12.0 Å². The van der Waals surface area contributed by atoms with Gasteiger partial charge in [-0.1, -0.05) is 13.8 Å². The van der Waals surface area contributed by atoms with Gasteiger partial charge in [0.25, 0.3) is 0 Å². The fourth-order valence-electron chi connectivity index (χ4n) is 1.98. The maximum atomic E-state index is 14.5. The van der Waals surface area contributed by atoms with E-state index in [1.807, 2.05) is 13.8 Å². The minimum Gasteiger partial charge on any atom is -0.327 e. The molecule has 2 rings (SSSR count). The molecule has 1 aromatic rings. The Balaban J connectivity index is 2.37. The summed E-state index contributed by atoms with van der Waals surface area (Å²) >= 11 is 0. The zero-order valence-corrected chi connectivity index (χ0v) is 8.37. The standard InChI is InChI=1S/C10H14FN3/c1-9(2)8(12)3-10(9,11)7-4-13-6-14-5-7/h4-6,8H,3,12H2,1-2H3. The lowest BCUT2D eigenvalue weighted by atomic mass is 9.54. The van der Waals surface area contributed by atoms with Crippen molar-refractivity contribution in [3.05, 3.63) is 24.3 Å². The number of nitrogens with two attached hydrogens (primary N) is 1. The Morgan fingerprint density at radius 3 is 2.43 bits per heavy atom. The van der Waals surface area contributed by atoms with Crippen LogP contribution in [-0.4, -0.2) is 16.0 Å². The lowest BCUT2D eigenvalue weighted by Crippen LogP contribution is -2.62. The van der Waals surface area contributed by atoms with Gasteiger partial charge in [-0.25, -0.2) is 14.4 Å². The molecule has 0 saturated heterocycles. The molecule has 0 bridgehead atoms. The van der Waals surface area contributed by atoms with Crippen LogP contribution in [0.1, 0.15) is 25.8 Å². The molecule has 1 aliphatic rings. The maximum Gasteiger partial charge on any atom is 0.147 e. The molecule has 3 nitrogen and oxygen atoms in total. The largest absolute Gasteiger partial charge is 0.327 e. The molecule has 1 fully saturated rings. The second kappa shape index (κ2) is 2.73. The van der Waals surface area contributed by atoms with Gasteiger partial charge < -0.3 is 5.73 Å². The molecule has 0 radical (unpaired) electrons. The fourth-order valence-corrected chi connectivity index (χ4v) is 1.98. The number of hydrogen-bond donors (Lipinski definition) is 1. The van der Waals surface area contributed by atoms with E-state index < -0.39 is 11.1 Å². The van der Waals surface area contributed by atoms with E-state index in [1.54, 1.807) is 0 Å². The first-order valence-electron chi connectivity index (χ1n) is 4.68. The summed E-state index contributed by atoms with van der Waals surface area (Å²) < 4.78 is 14.5. The third kappa shape index (κ3) is 1.00. The molecule has 0 spiro atoms. The SMILES string of the molecule is CC1(C)C(N)CC1(F)c1cncnc1. The summed E-state index contributed by atoms with van der Waals surface area (Å²) in [4.78, 5) is 7.66. The summed E-state index contributed by atoms with van der Waals surface area (Å²) in [5, 5.41) is 0. The Morgan fingerprint density at radius 1 is 1.43 bits per heavy atom. The smallest absolute Gasteiger partial charge is 0.147 e. The Morgan fingerprint density at radius 2 is 2.00 bits per heavy atom. The Bertz CT molecular complexity index is 338. The number of nitrogens with zero attached hydrogens (tertiary/aromatic N) is 2. The van der Waals surface area contributed by atoms with Gasteiger partial charge in [-0.15, -0.1) is 0 Å². The number of alkyl halides is 1. The highest BCUT2D eigenvalue weighted by Gasteiger charge is 2.60. The van der Waals surface area contributed by atoms with Crippen LogP contribution in [0.3, 0.4) is 0 Å². The third-order valence-electron chi connectivity index (χ3n) is 3.47. The van der Waals surface area contributed by atoms with E-state index >= 15 is 0 Å². The molecule has 1 heterocycles. The number of rotatable bonds is 1. The van der Waals surface area contributed by atoms with Gasteiger partial charge in [0.2, 0.25) is 0 Å². The van der Waals surface area contributed by atoms with Crippen molar-refractivity contribution >= 4 is 0 Å². The molecule has 0 aliphatic heterocycles. The molecule has 1 aliphatic carbocycles. The lowest BCUT2D eigenvalue weighted by molar-refractivity contribution is -0.108. The molecule has 4 heteroatoms. The van der Waals surface area contributed by atoms with E-state index in [4.69, 9.17) is 5.73 Å². The number of halogens is 1. The van der Waals surface area contributed by atoms with Crippen molar-refractivity contribution in [2.24, 2.45) is 11.1 Å². The quantitative estimate of drug-likeness (QED) is 0.737. The summed E-state index contributed by atoms with van der Waals surface area (Å²) in [6, 6.07) is -0.0901. The van der Waals surface area contributed by atoms with Crippen LogP contribution in [0.4, 0.5) is 4.39 Å². The predicted molar refractivity (Wildman–Crippen MR) is 51.2 cm³/mol. The van der Waals surface area contributed by atoms with Crippen LogP contribution in [0, 0.1) is 5.41 Å². The van der Waals surface area contributed by atoms with E-state index in [1.165, 1.54) is 18.7 Å². The highest BCUT2D eigenvalue weighted by molar-refractivity contribution is 5.26. The van der Waals surface area contributed by atoms with Crippen molar-refractivity contribution in [3.8, 4) is 0 Å². The van der Waals surface area contributed by atoms with Crippen LogP contribution in [0.2, 0.25) is 0 Å².